The van der Waals surface area contributed by atoms with E-state index in [1.807, 2.05) is 6.07 Å². The van der Waals surface area contributed by atoms with Gasteiger partial charge in [0.05, 0.1) is 11.8 Å². The quantitative estimate of drug-likeness (QED) is 0.306. The number of rotatable bonds is 5. The number of hydrogen-bond acceptors (Lipinski definition) is 6. The molecule has 150 valence electrons. The Kier molecular flexibility index (Phi) is 5.70. The van der Waals surface area contributed by atoms with Crippen LogP contribution in [-0.4, -0.2) is 31.3 Å². The first-order valence-corrected chi connectivity index (χ1v) is 9.29. The third-order valence-electron chi connectivity index (χ3n) is 4.28. The van der Waals surface area contributed by atoms with Crippen LogP contribution in [0.1, 0.15) is 26.3 Å². The van der Waals surface area contributed by atoms with Gasteiger partial charge in [-0.1, -0.05) is 18.2 Å². The highest BCUT2D eigenvalue weighted by Crippen LogP contribution is 2.30. The van der Waals surface area contributed by atoms with Crippen molar-refractivity contribution in [3.63, 3.8) is 0 Å². The third kappa shape index (κ3) is 4.64. The SMILES string of the molecule is O=C(N/N=C\c1ccc(OC(=O)c2ccccc2)cc1)c1ccc2c(c1)OCCO2. The summed E-state index contributed by atoms with van der Waals surface area (Å²) in [6.07, 6.45) is 1.50. The summed E-state index contributed by atoms with van der Waals surface area (Å²) in [4.78, 5) is 24.3. The van der Waals surface area contributed by atoms with Gasteiger partial charge in [-0.3, -0.25) is 4.79 Å². The highest BCUT2D eigenvalue weighted by atomic mass is 16.6. The van der Waals surface area contributed by atoms with Crippen molar-refractivity contribution in [2.24, 2.45) is 5.10 Å². The van der Waals surface area contributed by atoms with E-state index in [2.05, 4.69) is 10.5 Å². The molecule has 0 radical (unpaired) electrons. The second-order valence-electron chi connectivity index (χ2n) is 6.38. The van der Waals surface area contributed by atoms with Gasteiger partial charge in [0, 0.05) is 5.56 Å². The Morgan fingerprint density at radius 2 is 1.60 bits per heavy atom. The Balaban J connectivity index is 1.33. The average molecular weight is 402 g/mol. The number of ether oxygens (including phenoxy) is 3. The zero-order chi connectivity index (χ0) is 20.8. The van der Waals surface area contributed by atoms with Crippen LogP contribution in [0.4, 0.5) is 0 Å². The van der Waals surface area contributed by atoms with Gasteiger partial charge in [-0.05, 0) is 60.2 Å². The molecule has 4 rings (SSSR count). The molecule has 0 aliphatic carbocycles. The van der Waals surface area contributed by atoms with Crippen LogP contribution < -0.4 is 19.6 Å². The predicted molar refractivity (Wildman–Crippen MR) is 110 cm³/mol. The topological polar surface area (TPSA) is 86.2 Å². The molecule has 3 aromatic rings. The number of benzene rings is 3. The number of carbonyl (C=O) groups is 2. The van der Waals surface area contributed by atoms with Crippen LogP contribution in [0.5, 0.6) is 17.2 Å². The van der Waals surface area contributed by atoms with Gasteiger partial charge in [-0.2, -0.15) is 5.10 Å². The zero-order valence-electron chi connectivity index (χ0n) is 15.9. The Labute approximate surface area is 172 Å². The molecule has 7 heteroatoms. The van der Waals surface area contributed by atoms with E-state index in [0.29, 0.717) is 41.6 Å². The summed E-state index contributed by atoms with van der Waals surface area (Å²) < 4.78 is 16.2. The van der Waals surface area contributed by atoms with Crippen molar-refractivity contribution in [3.05, 3.63) is 89.5 Å². The zero-order valence-corrected chi connectivity index (χ0v) is 15.9. The fourth-order valence-corrected chi connectivity index (χ4v) is 2.78. The maximum atomic E-state index is 12.3. The first-order chi connectivity index (χ1) is 14.7. The lowest BCUT2D eigenvalue weighted by Crippen LogP contribution is -2.19. The summed E-state index contributed by atoms with van der Waals surface area (Å²) in [6, 6.07) is 20.5. The van der Waals surface area contributed by atoms with E-state index in [-0.39, 0.29) is 5.91 Å². The number of hydrazone groups is 1. The molecule has 0 aromatic heterocycles. The highest BCUT2D eigenvalue weighted by Gasteiger charge is 2.14. The molecule has 1 heterocycles. The van der Waals surface area contributed by atoms with Crippen molar-refractivity contribution >= 4 is 18.1 Å². The maximum Gasteiger partial charge on any atom is 0.343 e. The Hall–Kier alpha value is -4.13. The molecule has 1 amide bonds. The molecule has 0 saturated heterocycles. The van der Waals surface area contributed by atoms with E-state index in [4.69, 9.17) is 14.2 Å². The molecular weight excluding hydrogens is 384 g/mol. The molecule has 0 bridgehead atoms. The smallest absolute Gasteiger partial charge is 0.343 e. The molecule has 7 nitrogen and oxygen atoms in total. The van der Waals surface area contributed by atoms with Crippen LogP contribution in [0.3, 0.4) is 0 Å². The van der Waals surface area contributed by atoms with E-state index in [0.717, 1.165) is 5.56 Å². The van der Waals surface area contributed by atoms with Crippen LogP contribution >= 0.6 is 0 Å². The predicted octanol–water partition coefficient (Wildman–Crippen LogP) is 3.44. The monoisotopic (exact) mass is 402 g/mol. The maximum absolute atomic E-state index is 12.3. The van der Waals surface area contributed by atoms with E-state index < -0.39 is 5.97 Å². The van der Waals surface area contributed by atoms with Crippen molar-refractivity contribution in [2.75, 3.05) is 13.2 Å². The lowest BCUT2D eigenvalue weighted by molar-refractivity contribution is 0.0734. The number of amides is 1. The minimum atomic E-state index is -0.427. The third-order valence-corrected chi connectivity index (χ3v) is 4.28. The van der Waals surface area contributed by atoms with Crippen molar-refractivity contribution < 1.29 is 23.8 Å². The molecule has 0 unspecified atom stereocenters. The van der Waals surface area contributed by atoms with E-state index >= 15 is 0 Å². The van der Waals surface area contributed by atoms with Crippen molar-refractivity contribution in [1.82, 2.24) is 5.43 Å². The van der Waals surface area contributed by atoms with Crippen LogP contribution in [0, 0.1) is 0 Å². The van der Waals surface area contributed by atoms with Gasteiger partial charge in [0.1, 0.15) is 19.0 Å². The number of esters is 1. The molecule has 1 aliphatic rings. The first-order valence-electron chi connectivity index (χ1n) is 9.29. The summed E-state index contributed by atoms with van der Waals surface area (Å²) in [6.45, 7) is 0.944. The number of carbonyl (C=O) groups excluding carboxylic acids is 2. The Morgan fingerprint density at radius 3 is 2.37 bits per heavy atom. The van der Waals surface area contributed by atoms with Crippen LogP contribution in [0.25, 0.3) is 0 Å². The summed E-state index contributed by atoms with van der Waals surface area (Å²) in [5, 5.41) is 3.96. The van der Waals surface area contributed by atoms with Crippen molar-refractivity contribution in [2.45, 2.75) is 0 Å². The summed E-state index contributed by atoms with van der Waals surface area (Å²) >= 11 is 0. The number of nitrogens with one attached hydrogen (secondary N) is 1. The number of nitrogens with zero attached hydrogens (tertiary/aromatic N) is 1. The van der Waals surface area contributed by atoms with Crippen LogP contribution in [0.15, 0.2) is 77.9 Å². The lowest BCUT2D eigenvalue weighted by Gasteiger charge is -2.18. The van der Waals surface area contributed by atoms with Gasteiger partial charge in [0.25, 0.3) is 5.91 Å². The highest BCUT2D eigenvalue weighted by molar-refractivity contribution is 5.95. The number of hydrogen-bond donors (Lipinski definition) is 1. The molecule has 0 fully saturated rings. The fourth-order valence-electron chi connectivity index (χ4n) is 2.78. The molecular formula is C23H18N2O5. The molecule has 1 aliphatic heterocycles. The lowest BCUT2D eigenvalue weighted by atomic mass is 10.2. The Morgan fingerprint density at radius 1 is 0.867 bits per heavy atom. The van der Waals surface area contributed by atoms with Gasteiger partial charge in [-0.25, -0.2) is 10.2 Å². The fraction of sp³-hybridized carbons (Fsp3) is 0.0870. The van der Waals surface area contributed by atoms with Crippen molar-refractivity contribution in [1.29, 1.82) is 0 Å². The van der Waals surface area contributed by atoms with Crippen molar-refractivity contribution in [3.8, 4) is 17.2 Å². The molecule has 30 heavy (non-hydrogen) atoms. The van der Waals surface area contributed by atoms with E-state index in [1.54, 1.807) is 66.7 Å². The van der Waals surface area contributed by atoms with Gasteiger partial charge in [0.15, 0.2) is 11.5 Å². The standard InChI is InChI=1S/C23H18N2O5/c26-22(18-8-11-20-21(14-18)29-13-12-28-20)25-24-15-16-6-9-19(10-7-16)30-23(27)17-4-2-1-3-5-17/h1-11,14-15H,12-13H2,(H,25,26)/b24-15-. The van der Waals surface area contributed by atoms with Crippen LogP contribution in [-0.2, 0) is 0 Å². The molecule has 0 saturated carbocycles. The first kappa shape index (κ1) is 19.2. The molecule has 0 atom stereocenters. The minimum Gasteiger partial charge on any atom is -0.486 e. The average Bonchev–Trinajstić information content (AvgIpc) is 2.80. The minimum absolute atomic E-state index is 0.364. The van der Waals surface area contributed by atoms with Crippen LogP contribution in [0.2, 0.25) is 0 Å². The van der Waals surface area contributed by atoms with E-state index in [1.165, 1.54) is 6.21 Å². The molecule has 3 aromatic carbocycles. The second-order valence-corrected chi connectivity index (χ2v) is 6.38. The Bertz CT molecular complexity index is 1080. The summed E-state index contributed by atoms with van der Waals surface area (Å²) in [7, 11) is 0. The summed E-state index contributed by atoms with van der Waals surface area (Å²) in [5.74, 6) is 0.787. The van der Waals surface area contributed by atoms with Gasteiger partial charge >= 0.3 is 5.97 Å². The van der Waals surface area contributed by atoms with Gasteiger partial charge in [-0.15, -0.1) is 0 Å². The second kappa shape index (κ2) is 8.91. The normalized spacial score (nSPS) is 12.4. The number of fused-ring (bicyclic) bond motifs is 1. The van der Waals surface area contributed by atoms with Gasteiger partial charge in [0.2, 0.25) is 0 Å². The molecule has 1 N–H and O–H groups in total. The molecule has 0 spiro atoms. The van der Waals surface area contributed by atoms with E-state index in [9.17, 15) is 9.59 Å². The largest absolute Gasteiger partial charge is 0.486 e. The summed E-state index contributed by atoms with van der Waals surface area (Å²) in [5.41, 5.74) is 4.10. The van der Waals surface area contributed by atoms with Gasteiger partial charge < -0.3 is 14.2 Å².